The van der Waals surface area contributed by atoms with Crippen LogP contribution in [-0.2, 0) is 14.8 Å². The van der Waals surface area contributed by atoms with E-state index in [0.717, 1.165) is 30.0 Å². The zero-order chi connectivity index (χ0) is 12.2. The van der Waals surface area contributed by atoms with E-state index < -0.39 is 10.0 Å². The Morgan fingerprint density at radius 1 is 1.31 bits per heavy atom. The third-order valence-electron chi connectivity index (χ3n) is 2.86. The highest BCUT2D eigenvalue weighted by molar-refractivity contribution is 7.89. The van der Waals surface area contributed by atoms with Crippen LogP contribution in [0.2, 0.25) is 0 Å². The van der Waals surface area contributed by atoms with Crippen LogP contribution in [-0.4, -0.2) is 44.5 Å². The molecule has 0 aromatic rings. The number of sulfonamides is 1. The molecule has 0 aliphatic heterocycles. The van der Waals surface area contributed by atoms with Gasteiger partial charge in [-0.05, 0) is 12.8 Å². The predicted octanol–water partition coefficient (Wildman–Crippen LogP) is 0.327. The van der Waals surface area contributed by atoms with E-state index >= 15 is 0 Å². The van der Waals surface area contributed by atoms with Gasteiger partial charge in [0.1, 0.15) is 0 Å². The number of amides is 1. The SMILES string of the molecule is CN(C)S(=O)(=O)CCC(=O)NC1CCCC1. The molecule has 1 rings (SSSR count). The van der Waals surface area contributed by atoms with E-state index in [0.29, 0.717) is 0 Å². The van der Waals surface area contributed by atoms with Gasteiger partial charge in [0, 0.05) is 26.6 Å². The molecule has 0 atom stereocenters. The second kappa shape index (κ2) is 5.63. The van der Waals surface area contributed by atoms with Crippen molar-refractivity contribution in [1.82, 2.24) is 9.62 Å². The summed E-state index contributed by atoms with van der Waals surface area (Å²) in [4.78, 5) is 11.5. The van der Waals surface area contributed by atoms with Crippen molar-refractivity contribution < 1.29 is 13.2 Å². The molecule has 0 aromatic heterocycles. The number of hydrogen-bond acceptors (Lipinski definition) is 3. The van der Waals surface area contributed by atoms with Gasteiger partial charge in [-0.25, -0.2) is 12.7 Å². The summed E-state index contributed by atoms with van der Waals surface area (Å²) in [5, 5.41) is 2.87. The minimum atomic E-state index is -3.25. The van der Waals surface area contributed by atoms with Crippen molar-refractivity contribution in [3.05, 3.63) is 0 Å². The lowest BCUT2D eigenvalue weighted by Gasteiger charge is -2.13. The largest absolute Gasteiger partial charge is 0.353 e. The molecule has 0 radical (unpaired) electrons. The summed E-state index contributed by atoms with van der Waals surface area (Å²) >= 11 is 0. The average Bonchev–Trinajstić information content (AvgIpc) is 2.67. The molecule has 0 aromatic carbocycles. The Balaban J connectivity index is 2.29. The number of nitrogens with zero attached hydrogens (tertiary/aromatic N) is 1. The van der Waals surface area contributed by atoms with Crippen LogP contribution in [0.4, 0.5) is 0 Å². The highest BCUT2D eigenvalue weighted by Crippen LogP contribution is 2.17. The highest BCUT2D eigenvalue weighted by atomic mass is 32.2. The number of nitrogens with one attached hydrogen (secondary N) is 1. The van der Waals surface area contributed by atoms with E-state index in [1.54, 1.807) is 0 Å². The van der Waals surface area contributed by atoms with Crippen molar-refractivity contribution in [2.24, 2.45) is 0 Å². The molecular weight excluding hydrogens is 228 g/mol. The van der Waals surface area contributed by atoms with Gasteiger partial charge in [-0.2, -0.15) is 0 Å². The van der Waals surface area contributed by atoms with Crippen LogP contribution in [0.1, 0.15) is 32.1 Å². The maximum atomic E-state index is 11.5. The summed E-state index contributed by atoms with van der Waals surface area (Å²) in [6.45, 7) is 0. The first-order valence-corrected chi connectivity index (χ1v) is 7.22. The molecule has 0 bridgehead atoms. The molecule has 6 heteroatoms. The molecular formula is C10H20N2O3S. The van der Waals surface area contributed by atoms with Crippen LogP contribution in [0.25, 0.3) is 0 Å². The Kier molecular flexibility index (Phi) is 4.73. The summed E-state index contributed by atoms with van der Waals surface area (Å²) in [6.07, 6.45) is 4.40. The molecule has 1 N–H and O–H groups in total. The Morgan fingerprint density at radius 3 is 2.38 bits per heavy atom. The molecule has 1 aliphatic carbocycles. The zero-order valence-corrected chi connectivity index (χ0v) is 10.7. The lowest BCUT2D eigenvalue weighted by Crippen LogP contribution is -2.35. The molecule has 1 fully saturated rings. The minimum Gasteiger partial charge on any atom is -0.353 e. The Labute approximate surface area is 97.2 Å². The van der Waals surface area contributed by atoms with Crippen molar-refractivity contribution >= 4 is 15.9 Å². The van der Waals surface area contributed by atoms with Crippen molar-refractivity contribution in [1.29, 1.82) is 0 Å². The fourth-order valence-electron chi connectivity index (χ4n) is 1.77. The highest BCUT2D eigenvalue weighted by Gasteiger charge is 2.19. The Hall–Kier alpha value is -0.620. The van der Waals surface area contributed by atoms with E-state index in [4.69, 9.17) is 0 Å². The van der Waals surface area contributed by atoms with Gasteiger partial charge in [0.25, 0.3) is 0 Å². The van der Waals surface area contributed by atoms with Gasteiger partial charge in [-0.1, -0.05) is 12.8 Å². The monoisotopic (exact) mass is 248 g/mol. The normalized spacial score (nSPS) is 17.9. The first-order chi connectivity index (χ1) is 7.42. The molecule has 1 amide bonds. The molecule has 1 saturated carbocycles. The molecule has 5 nitrogen and oxygen atoms in total. The lowest BCUT2D eigenvalue weighted by atomic mass is 10.2. The maximum Gasteiger partial charge on any atom is 0.221 e. The van der Waals surface area contributed by atoms with Crippen LogP contribution < -0.4 is 5.32 Å². The number of rotatable bonds is 5. The van der Waals surface area contributed by atoms with Gasteiger partial charge in [-0.15, -0.1) is 0 Å². The summed E-state index contributed by atoms with van der Waals surface area (Å²) in [5.74, 6) is -0.268. The topological polar surface area (TPSA) is 66.5 Å². The van der Waals surface area contributed by atoms with Crippen molar-refractivity contribution in [3.8, 4) is 0 Å². The van der Waals surface area contributed by atoms with Gasteiger partial charge >= 0.3 is 0 Å². The predicted molar refractivity (Wildman–Crippen MR) is 62.5 cm³/mol. The van der Waals surface area contributed by atoms with Crippen LogP contribution in [0.3, 0.4) is 0 Å². The zero-order valence-electron chi connectivity index (χ0n) is 9.90. The summed E-state index contributed by atoms with van der Waals surface area (Å²) < 4.78 is 24.0. The second-order valence-electron chi connectivity index (χ2n) is 4.40. The van der Waals surface area contributed by atoms with Gasteiger partial charge in [0.15, 0.2) is 0 Å². The van der Waals surface area contributed by atoms with E-state index in [1.165, 1.54) is 14.1 Å². The third kappa shape index (κ3) is 4.09. The summed E-state index contributed by atoms with van der Waals surface area (Å²) in [5.41, 5.74) is 0. The smallest absolute Gasteiger partial charge is 0.221 e. The van der Waals surface area contributed by atoms with Gasteiger partial charge in [0.2, 0.25) is 15.9 Å². The van der Waals surface area contributed by atoms with Crippen molar-refractivity contribution in [3.63, 3.8) is 0 Å². The fraction of sp³-hybridized carbons (Fsp3) is 0.900. The molecule has 0 spiro atoms. The molecule has 94 valence electrons. The first kappa shape index (κ1) is 13.4. The minimum absolute atomic E-state index is 0.0526. The molecule has 0 heterocycles. The molecule has 0 unspecified atom stereocenters. The van der Waals surface area contributed by atoms with Gasteiger partial charge in [-0.3, -0.25) is 4.79 Å². The maximum absolute atomic E-state index is 11.5. The van der Waals surface area contributed by atoms with Gasteiger partial charge < -0.3 is 5.32 Å². The van der Waals surface area contributed by atoms with E-state index in [9.17, 15) is 13.2 Å². The lowest BCUT2D eigenvalue weighted by molar-refractivity contribution is -0.121. The van der Waals surface area contributed by atoms with Crippen molar-refractivity contribution in [2.75, 3.05) is 19.8 Å². The summed E-state index contributed by atoms with van der Waals surface area (Å²) in [7, 11) is -0.302. The van der Waals surface area contributed by atoms with E-state index in [1.807, 2.05) is 0 Å². The van der Waals surface area contributed by atoms with Crippen molar-refractivity contribution in [2.45, 2.75) is 38.1 Å². The van der Waals surface area contributed by atoms with Crippen LogP contribution in [0, 0.1) is 0 Å². The first-order valence-electron chi connectivity index (χ1n) is 5.61. The molecule has 0 saturated heterocycles. The number of carbonyl (C=O) groups is 1. The van der Waals surface area contributed by atoms with E-state index in [-0.39, 0.29) is 24.1 Å². The van der Waals surface area contributed by atoms with Crippen LogP contribution in [0.5, 0.6) is 0 Å². The standard InChI is InChI=1S/C10H20N2O3S/c1-12(2)16(14,15)8-7-10(13)11-9-5-3-4-6-9/h9H,3-8H2,1-2H3,(H,11,13). The van der Waals surface area contributed by atoms with Crippen LogP contribution >= 0.6 is 0 Å². The quantitative estimate of drug-likeness (QED) is 0.762. The van der Waals surface area contributed by atoms with E-state index in [2.05, 4.69) is 5.32 Å². The third-order valence-corrected chi connectivity index (χ3v) is 4.70. The van der Waals surface area contributed by atoms with Gasteiger partial charge in [0.05, 0.1) is 5.75 Å². The average molecular weight is 248 g/mol. The molecule has 16 heavy (non-hydrogen) atoms. The second-order valence-corrected chi connectivity index (χ2v) is 6.70. The Morgan fingerprint density at radius 2 is 1.88 bits per heavy atom. The fourth-order valence-corrected chi connectivity index (χ4v) is 2.58. The number of hydrogen-bond donors (Lipinski definition) is 1. The Bertz CT molecular complexity index is 332. The van der Waals surface area contributed by atoms with Crippen LogP contribution in [0.15, 0.2) is 0 Å². The number of carbonyl (C=O) groups excluding carboxylic acids is 1. The molecule has 1 aliphatic rings. The summed E-state index contributed by atoms with van der Waals surface area (Å²) in [6, 6.07) is 0.259.